The first-order valence-electron chi connectivity index (χ1n) is 8.53. The summed E-state index contributed by atoms with van der Waals surface area (Å²) in [5.74, 6) is 3.66. The van der Waals surface area contributed by atoms with Crippen LogP contribution in [0, 0.1) is 0 Å². The number of hydrogen-bond donors (Lipinski definition) is 3. The van der Waals surface area contributed by atoms with Crippen molar-refractivity contribution in [3.05, 3.63) is 23.3 Å². The Bertz CT molecular complexity index is 772. The van der Waals surface area contributed by atoms with Gasteiger partial charge in [0.05, 0.1) is 21.3 Å². The fourth-order valence-electron chi connectivity index (χ4n) is 3.44. The lowest BCUT2D eigenvalue weighted by Gasteiger charge is -2.15. The summed E-state index contributed by atoms with van der Waals surface area (Å²) in [7, 11) is 4.84. The maximum atomic E-state index is 6.04. The quantitative estimate of drug-likeness (QED) is 0.689. The normalized spacial score (nSPS) is 15.3. The van der Waals surface area contributed by atoms with Crippen LogP contribution in [0.1, 0.15) is 29.9 Å². The van der Waals surface area contributed by atoms with Gasteiger partial charge in [0.1, 0.15) is 11.6 Å². The molecule has 0 amide bonds. The molecule has 140 valence electrons. The van der Waals surface area contributed by atoms with E-state index in [0.29, 0.717) is 23.1 Å². The van der Waals surface area contributed by atoms with Crippen molar-refractivity contribution in [1.82, 2.24) is 9.97 Å². The second-order valence-corrected chi connectivity index (χ2v) is 6.23. The number of nitrogens with two attached hydrogens (primary N) is 2. The van der Waals surface area contributed by atoms with Gasteiger partial charge in [0, 0.05) is 18.0 Å². The number of ether oxygens (including phenoxy) is 3. The average Bonchev–Trinajstić information content (AvgIpc) is 3.03. The van der Waals surface area contributed by atoms with Gasteiger partial charge < -0.3 is 31.0 Å². The van der Waals surface area contributed by atoms with E-state index in [1.54, 1.807) is 21.3 Å². The number of aryl methyl sites for hydroxylation is 1. The monoisotopic (exact) mass is 359 g/mol. The molecule has 0 bridgehead atoms. The van der Waals surface area contributed by atoms with Gasteiger partial charge in [0.15, 0.2) is 11.5 Å². The van der Waals surface area contributed by atoms with Crippen LogP contribution < -0.4 is 31.0 Å². The molecule has 0 aliphatic carbocycles. The molecule has 0 spiro atoms. The summed E-state index contributed by atoms with van der Waals surface area (Å²) in [6.45, 7) is 0.799. The summed E-state index contributed by atoms with van der Waals surface area (Å²) < 4.78 is 16.2. The van der Waals surface area contributed by atoms with E-state index in [1.165, 1.54) is 0 Å². The fraction of sp³-hybridized carbons (Fsp3) is 0.444. The minimum atomic E-state index is 0.201. The first-order valence-corrected chi connectivity index (χ1v) is 8.53. The Morgan fingerprint density at radius 2 is 1.77 bits per heavy atom. The molecule has 2 aromatic rings. The van der Waals surface area contributed by atoms with Gasteiger partial charge in [-0.2, -0.15) is 9.97 Å². The maximum absolute atomic E-state index is 6.04. The molecule has 0 fully saturated rings. The summed E-state index contributed by atoms with van der Waals surface area (Å²) >= 11 is 0. The maximum Gasteiger partial charge on any atom is 0.223 e. The van der Waals surface area contributed by atoms with Crippen LogP contribution in [0.4, 0.5) is 17.6 Å². The number of aromatic nitrogens is 2. The van der Waals surface area contributed by atoms with Crippen molar-refractivity contribution in [2.45, 2.75) is 25.2 Å². The zero-order valence-corrected chi connectivity index (χ0v) is 15.3. The predicted octanol–water partition coefficient (Wildman–Crippen LogP) is 2.20. The third-order valence-electron chi connectivity index (χ3n) is 4.66. The molecule has 0 saturated carbocycles. The zero-order valence-electron chi connectivity index (χ0n) is 15.3. The number of methoxy groups -OCH3 is 3. The molecule has 1 atom stereocenters. The van der Waals surface area contributed by atoms with Crippen LogP contribution in [0.5, 0.6) is 17.2 Å². The molecule has 1 aliphatic rings. The lowest BCUT2D eigenvalue weighted by atomic mass is 9.95. The van der Waals surface area contributed by atoms with Gasteiger partial charge in [-0.15, -0.1) is 0 Å². The molecule has 8 heteroatoms. The highest BCUT2D eigenvalue weighted by atomic mass is 16.5. The lowest BCUT2D eigenvalue weighted by Crippen LogP contribution is -2.06. The summed E-state index contributed by atoms with van der Waals surface area (Å²) in [6.07, 6.45) is 2.83. The molecule has 5 N–H and O–H groups in total. The highest BCUT2D eigenvalue weighted by molar-refractivity contribution is 5.63. The van der Waals surface area contributed by atoms with E-state index in [9.17, 15) is 0 Å². The van der Waals surface area contributed by atoms with Gasteiger partial charge in [0.25, 0.3) is 0 Å². The fourth-order valence-corrected chi connectivity index (χ4v) is 3.44. The molecule has 1 aromatic heterocycles. The summed E-state index contributed by atoms with van der Waals surface area (Å²) in [4.78, 5) is 8.31. The van der Waals surface area contributed by atoms with Gasteiger partial charge in [-0.05, 0) is 37.0 Å². The second-order valence-electron chi connectivity index (χ2n) is 6.23. The van der Waals surface area contributed by atoms with Gasteiger partial charge in [-0.25, -0.2) is 0 Å². The number of nitrogen functional groups attached to an aromatic ring is 2. The van der Waals surface area contributed by atoms with Crippen LogP contribution >= 0.6 is 0 Å². The SMILES string of the molecule is COc1cc(CCCC2CNc3nc(N)nc(N)c32)cc(OC)c1OC. The van der Waals surface area contributed by atoms with Gasteiger partial charge >= 0.3 is 0 Å². The van der Waals surface area contributed by atoms with Crippen molar-refractivity contribution < 1.29 is 14.2 Å². The first-order chi connectivity index (χ1) is 12.6. The predicted molar refractivity (Wildman–Crippen MR) is 101 cm³/mol. The summed E-state index contributed by atoms with van der Waals surface area (Å²) in [5, 5.41) is 3.26. The summed E-state index contributed by atoms with van der Waals surface area (Å²) in [5.41, 5.74) is 13.8. The molecular formula is C18H25N5O3. The number of benzene rings is 1. The smallest absolute Gasteiger partial charge is 0.223 e. The average molecular weight is 359 g/mol. The van der Waals surface area contributed by atoms with Crippen molar-refractivity contribution in [1.29, 1.82) is 0 Å². The molecule has 26 heavy (non-hydrogen) atoms. The van der Waals surface area contributed by atoms with E-state index in [2.05, 4.69) is 15.3 Å². The Kier molecular flexibility index (Phi) is 5.20. The van der Waals surface area contributed by atoms with Crippen LogP contribution in [-0.2, 0) is 6.42 Å². The van der Waals surface area contributed by atoms with E-state index in [-0.39, 0.29) is 11.9 Å². The third kappa shape index (κ3) is 3.40. The minimum absolute atomic E-state index is 0.201. The van der Waals surface area contributed by atoms with Gasteiger partial charge in [-0.3, -0.25) is 0 Å². The van der Waals surface area contributed by atoms with Crippen LogP contribution in [0.25, 0.3) is 0 Å². The zero-order chi connectivity index (χ0) is 18.7. The standard InChI is InChI=1S/C18H25N5O3/c1-24-12-7-10(8-13(25-2)15(12)26-3)5-4-6-11-9-21-17-14(11)16(19)22-18(20)23-17/h7-8,11H,4-6,9H2,1-3H3,(H5,19,20,21,22,23). The number of hydrogen-bond acceptors (Lipinski definition) is 8. The van der Waals surface area contributed by atoms with Crippen LogP contribution in [0.3, 0.4) is 0 Å². The Morgan fingerprint density at radius 1 is 1.08 bits per heavy atom. The first kappa shape index (κ1) is 17.9. The van der Waals surface area contributed by atoms with Crippen molar-refractivity contribution in [3.63, 3.8) is 0 Å². The number of fused-ring (bicyclic) bond motifs is 1. The molecule has 1 aromatic carbocycles. The third-order valence-corrected chi connectivity index (χ3v) is 4.66. The van der Waals surface area contributed by atoms with Gasteiger partial charge in [0.2, 0.25) is 11.7 Å². The molecule has 1 aliphatic heterocycles. The molecule has 1 unspecified atom stereocenters. The van der Waals surface area contributed by atoms with E-state index in [4.69, 9.17) is 25.7 Å². The van der Waals surface area contributed by atoms with E-state index >= 15 is 0 Å². The van der Waals surface area contributed by atoms with Crippen molar-refractivity contribution in [3.8, 4) is 17.2 Å². The molecule has 3 rings (SSSR count). The van der Waals surface area contributed by atoms with Crippen molar-refractivity contribution >= 4 is 17.6 Å². The molecule has 2 heterocycles. The molecule has 0 saturated heterocycles. The van der Waals surface area contributed by atoms with Crippen LogP contribution in [-0.4, -0.2) is 37.8 Å². The van der Waals surface area contributed by atoms with E-state index in [1.807, 2.05) is 12.1 Å². The molecular weight excluding hydrogens is 334 g/mol. The number of anilines is 3. The topological polar surface area (TPSA) is 118 Å². The van der Waals surface area contributed by atoms with E-state index < -0.39 is 0 Å². The number of rotatable bonds is 7. The van der Waals surface area contributed by atoms with Crippen LogP contribution in [0.15, 0.2) is 12.1 Å². The Hall–Kier alpha value is -2.90. The summed E-state index contributed by atoms with van der Waals surface area (Å²) in [6, 6.07) is 3.97. The minimum Gasteiger partial charge on any atom is -0.493 e. The molecule has 0 radical (unpaired) electrons. The lowest BCUT2D eigenvalue weighted by molar-refractivity contribution is 0.323. The number of nitrogens with one attached hydrogen (secondary N) is 1. The van der Waals surface area contributed by atoms with Crippen LogP contribution in [0.2, 0.25) is 0 Å². The number of nitrogens with zero attached hydrogens (tertiary/aromatic N) is 2. The molecule has 8 nitrogen and oxygen atoms in total. The Labute approximate surface area is 152 Å². The highest BCUT2D eigenvalue weighted by Gasteiger charge is 2.27. The van der Waals surface area contributed by atoms with Crippen molar-refractivity contribution in [2.24, 2.45) is 0 Å². The van der Waals surface area contributed by atoms with Gasteiger partial charge in [-0.1, -0.05) is 0 Å². The second kappa shape index (κ2) is 7.55. The highest BCUT2D eigenvalue weighted by Crippen LogP contribution is 2.40. The Morgan fingerprint density at radius 3 is 2.38 bits per heavy atom. The largest absolute Gasteiger partial charge is 0.493 e. The Balaban J connectivity index is 1.69. The van der Waals surface area contributed by atoms with E-state index in [0.717, 1.165) is 42.8 Å². The van der Waals surface area contributed by atoms with Crippen molar-refractivity contribution in [2.75, 3.05) is 44.7 Å².